The summed E-state index contributed by atoms with van der Waals surface area (Å²) in [5.74, 6) is 0.804. The molecule has 1 aliphatic rings. The van der Waals surface area contributed by atoms with Crippen LogP contribution in [0.4, 0.5) is 11.5 Å². The lowest BCUT2D eigenvalue weighted by Crippen LogP contribution is -2.15. The molecule has 0 unspecified atom stereocenters. The average molecular weight is 512 g/mol. The van der Waals surface area contributed by atoms with E-state index in [-0.39, 0.29) is 6.54 Å². The Morgan fingerprint density at radius 3 is 2.80 bits per heavy atom. The first-order valence-electron chi connectivity index (χ1n) is 10.6. The molecule has 35 heavy (non-hydrogen) atoms. The molecule has 1 aliphatic heterocycles. The van der Waals surface area contributed by atoms with Crippen molar-refractivity contribution in [3.63, 3.8) is 0 Å². The van der Waals surface area contributed by atoms with Crippen LogP contribution in [0, 0.1) is 0 Å². The zero-order valence-corrected chi connectivity index (χ0v) is 20.0. The van der Waals surface area contributed by atoms with Crippen LogP contribution >= 0.6 is 23.2 Å². The lowest BCUT2D eigenvalue weighted by atomic mass is 10.0. The van der Waals surface area contributed by atoms with E-state index in [4.69, 9.17) is 37.8 Å². The summed E-state index contributed by atoms with van der Waals surface area (Å²) in [5, 5.41) is 17.4. The van der Waals surface area contributed by atoms with Crippen molar-refractivity contribution in [2.75, 3.05) is 25.1 Å². The fourth-order valence-corrected chi connectivity index (χ4v) is 4.22. The van der Waals surface area contributed by atoms with E-state index in [2.05, 4.69) is 20.4 Å². The number of hydrogen-bond donors (Lipinski definition) is 2. The predicted molar refractivity (Wildman–Crippen MR) is 135 cm³/mol. The quantitative estimate of drug-likeness (QED) is 0.352. The van der Waals surface area contributed by atoms with Gasteiger partial charge in [0.25, 0.3) is 0 Å². The van der Waals surface area contributed by atoms with Gasteiger partial charge < -0.3 is 19.9 Å². The van der Waals surface area contributed by atoms with Gasteiger partial charge in [-0.05, 0) is 29.8 Å². The van der Waals surface area contributed by atoms with Crippen LogP contribution in [-0.4, -0.2) is 51.8 Å². The molecule has 4 aromatic rings. The number of aliphatic imine (C=N–C) groups is 1. The number of aromatic nitrogens is 3. The Kier molecular flexibility index (Phi) is 6.19. The Bertz CT molecular complexity index is 1480. The van der Waals surface area contributed by atoms with Crippen molar-refractivity contribution in [3.8, 4) is 22.6 Å². The van der Waals surface area contributed by atoms with Crippen LogP contribution in [0.2, 0.25) is 10.0 Å². The SMILES string of the molecule is Cn1nc(Nc2cccc(-c3ccc4c(c3)OCCO4)c2Cl)c2nc(C=NCC(=O)O)c(Cl)cc21. The maximum Gasteiger partial charge on any atom is 0.325 e. The summed E-state index contributed by atoms with van der Waals surface area (Å²) in [7, 11) is 1.77. The minimum atomic E-state index is -1.05. The van der Waals surface area contributed by atoms with Gasteiger partial charge in [0.2, 0.25) is 0 Å². The van der Waals surface area contributed by atoms with Crippen molar-refractivity contribution >= 4 is 57.9 Å². The highest BCUT2D eigenvalue weighted by Gasteiger charge is 2.18. The molecule has 5 rings (SSSR count). The first-order chi connectivity index (χ1) is 16.9. The molecule has 0 bridgehead atoms. The highest BCUT2D eigenvalue weighted by atomic mass is 35.5. The number of hydrogen-bond acceptors (Lipinski definition) is 7. The molecule has 0 saturated carbocycles. The lowest BCUT2D eigenvalue weighted by molar-refractivity contribution is -0.135. The molecule has 178 valence electrons. The van der Waals surface area contributed by atoms with E-state index in [1.807, 2.05) is 36.4 Å². The molecule has 0 saturated heterocycles. The summed E-state index contributed by atoms with van der Waals surface area (Å²) in [4.78, 5) is 19.2. The Hall–Kier alpha value is -3.82. The Labute approximate surface area is 209 Å². The second-order valence-electron chi connectivity index (χ2n) is 7.71. The molecular weight excluding hydrogens is 493 g/mol. The van der Waals surface area contributed by atoms with Gasteiger partial charge in [0, 0.05) is 18.8 Å². The number of carboxylic acids is 1. The van der Waals surface area contributed by atoms with Crippen molar-refractivity contribution in [2.45, 2.75) is 0 Å². The molecule has 2 aromatic carbocycles. The van der Waals surface area contributed by atoms with Crippen LogP contribution in [0.1, 0.15) is 5.69 Å². The molecular formula is C24H19Cl2N5O4. The summed E-state index contributed by atoms with van der Waals surface area (Å²) >= 11 is 13.1. The van der Waals surface area contributed by atoms with E-state index in [0.717, 1.165) is 11.1 Å². The normalized spacial score (nSPS) is 12.9. The topological polar surface area (TPSA) is 111 Å². The number of ether oxygens (including phenoxy) is 2. The summed E-state index contributed by atoms with van der Waals surface area (Å²) in [6.45, 7) is 0.645. The molecule has 0 radical (unpaired) electrons. The van der Waals surface area contributed by atoms with Crippen LogP contribution in [-0.2, 0) is 11.8 Å². The zero-order valence-electron chi connectivity index (χ0n) is 18.5. The third kappa shape index (κ3) is 4.60. The number of benzene rings is 2. The maximum absolute atomic E-state index is 10.8. The summed E-state index contributed by atoms with van der Waals surface area (Å²) in [5.41, 5.74) is 3.90. The Morgan fingerprint density at radius 1 is 1.20 bits per heavy atom. The number of aryl methyl sites for hydroxylation is 1. The molecule has 0 aliphatic carbocycles. The molecule has 0 amide bonds. The van der Waals surface area contributed by atoms with Crippen LogP contribution < -0.4 is 14.8 Å². The van der Waals surface area contributed by atoms with Gasteiger partial charge >= 0.3 is 5.97 Å². The number of carboxylic acid groups (broad SMARTS) is 1. The Balaban J connectivity index is 1.50. The summed E-state index contributed by atoms with van der Waals surface area (Å²) in [6.07, 6.45) is 1.34. The van der Waals surface area contributed by atoms with E-state index >= 15 is 0 Å². The van der Waals surface area contributed by atoms with Crippen molar-refractivity contribution < 1.29 is 19.4 Å². The van der Waals surface area contributed by atoms with Crippen LogP contribution in [0.15, 0.2) is 47.5 Å². The minimum absolute atomic E-state index is 0.333. The molecule has 0 spiro atoms. The number of nitrogens with one attached hydrogen (secondary N) is 1. The highest BCUT2D eigenvalue weighted by Crippen LogP contribution is 2.40. The van der Waals surface area contributed by atoms with Gasteiger partial charge in [-0.15, -0.1) is 0 Å². The average Bonchev–Trinajstić information content (AvgIpc) is 3.14. The molecule has 2 N–H and O–H groups in total. The van der Waals surface area contributed by atoms with Gasteiger partial charge in [0.05, 0.1) is 21.2 Å². The first-order valence-corrected chi connectivity index (χ1v) is 11.4. The molecule has 2 aromatic heterocycles. The number of fused-ring (bicyclic) bond motifs is 2. The van der Waals surface area contributed by atoms with Crippen LogP contribution in [0.3, 0.4) is 0 Å². The van der Waals surface area contributed by atoms with Crippen LogP contribution in [0.5, 0.6) is 11.5 Å². The van der Waals surface area contributed by atoms with Gasteiger partial charge in [-0.2, -0.15) is 5.10 Å². The van der Waals surface area contributed by atoms with Crippen molar-refractivity contribution in [1.82, 2.24) is 14.8 Å². The third-order valence-electron chi connectivity index (χ3n) is 5.35. The largest absolute Gasteiger partial charge is 0.486 e. The smallest absolute Gasteiger partial charge is 0.325 e. The Morgan fingerprint density at radius 2 is 2.00 bits per heavy atom. The summed E-state index contributed by atoms with van der Waals surface area (Å²) < 4.78 is 13.0. The van der Waals surface area contributed by atoms with Gasteiger partial charge in [-0.1, -0.05) is 41.4 Å². The third-order valence-corrected chi connectivity index (χ3v) is 6.06. The standard InChI is InChI=1S/C24H19Cl2N5O4/c1-31-18-10-15(25)17(11-27-12-21(32)33)28-23(18)24(30-31)29-16-4-2-3-14(22(16)26)13-5-6-19-20(9-13)35-8-7-34-19/h2-6,9-11H,7-8,12H2,1H3,(H,29,30)(H,32,33). The van der Waals surface area contributed by atoms with Crippen molar-refractivity contribution in [3.05, 3.63) is 58.2 Å². The maximum atomic E-state index is 10.8. The molecule has 9 nitrogen and oxygen atoms in total. The lowest BCUT2D eigenvalue weighted by Gasteiger charge is -2.19. The number of rotatable bonds is 6. The van der Waals surface area contributed by atoms with Gasteiger partial charge in [0.1, 0.15) is 31.0 Å². The number of nitrogens with zero attached hydrogens (tertiary/aromatic N) is 4. The van der Waals surface area contributed by atoms with E-state index in [0.29, 0.717) is 63.0 Å². The second-order valence-corrected chi connectivity index (χ2v) is 8.49. The fourth-order valence-electron chi connectivity index (χ4n) is 3.74. The van der Waals surface area contributed by atoms with E-state index in [9.17, 15) is 4.79 Å². The van der Waals surface area contributed by atoms with Gasteiger partial charge in [-0.3, -0.25) is 14.5 Å². The van der Waals surface area contributed by atoms with Gasteiger partial charge in [-0.25, -0.2) is 4.98 Å². The molecule has 0 fully saturated rings. The number of aliphatic carboxylic acids is 1. The molecule has 0 atom stereocenters. The fraction of sp³-hybridized carbons (Fsp3) is 0.167. The number of anilines is 2. The van der Waals surface area contributed by atoms with E-state index in [1.165, 1.54) is 6.21 Å². The molecule has 3 heterocycles. The van der Waals surface area contributed by atoms with E-state index < -0.39 is 5.97 Å². The first kappa shape index (κ1) is 22.9. The minimum Gasteiger partial charge on any atom is -0.486 e. The molecule has 11 heteroatoms. The number of pyridine rings is 1. The highest BCUT2D eigenvalue weighted by molar-refractivity contribution is 6.36. The van der Waals surface area contributed by atoms with Crippen molar-refractivity contribution in [1.29, 1.82) is 0 Å². The summed E-state index contributed by atoms with van der Waals surface area (Å²) in [6, 6.07) is 13.1. The second kappa shape index (κ2) is 9.44. The van der Waals surface area contributed by atoms with Crippen LogP contribution in [0.25, 0.3) is 22.2 Å². The monoisotopic (exact) mass is 511 g/mol. The van der Waals surface area contributed by atoms with Gasteiger partial charge in [0.15, 0.2) is 17.3 Å². The number of halogens is 2. The zero-order chi connectivity index (χ0) is 24.5. The van der Waals surface area contributed by atoms with E-state index in [1.54, 1.807) is 17.8 Å². The predicted octanol–water partition coefficient (Wildman–Crippen LogP) is 4.96. The number of carbonyl (C=O) groups is 1. The van der Waals surface area contributed by atoms with Crippen molar-refractivity contribution in [2.24, 2.45) is 12.0 Å².